The second kappa shape index (κ2) is 6.14. The van der Waals surface area contributed by atoms with Crippen LogP contribution in [0.15, 0.2) is 17.5 Å². The number of hydrazine groups is 1. The molecule has 2 atom stereocenters. The summed E-state index contributed by atoms with van der Waals surface area (Å²) in [4.78, 5) is 1.46. The molecule has 114 valence electrons. The summed E-state index contributed by atoms with van der Waals surface area (Å²) in [6.45, 7) is 8.73. The van der Waals surface area contributed by atoms with Crippen molar-refractivity contribution in [2.75, 3.05) is 0 Å². The summed E-state index contributed by atoms with van der Waals surface area (Å²) < 4.78 is 6.19. The van der Waals surface area contributed by atoms with E-state index in [9.17, 15) is 0 Å². The smallest absolute Gasteiger partial charge is 0.0678 e. The predicted molar refractivity (Wildman–Crippen MR) is 85.7 cm³/mol. The molecule has 1 fully saturated rings. The van der Waals surface area contributed by atoms with Crippen LogP contribution in [-0.2, 0) is 11.2 Å². The van der Waals surface area contributed by atoms with E-state index in [2.05, 4.69) is 50.6 Å². The van der Waals surface area contributed by atoms with E-state index >= 15 is 0 Å². The maximum absolute atomic E-state index is 6.19. The molecule has 3 N–H and O–H groups in total. The molecular weight excluding hydrogens is 268 g/mol. The number of hydrogen-bond acceptors (Lipinski definition) is 4. The largest absolute Gasteiger partial charge is 0.369 e. The summed E-state index contributed by atoms with van der Waals surface area (Å²) in [5.74, 6) is 6.28. The fraction of sp³-hybridized carbons (Fsp3) is 0.750. The number of ether oxygens (including phenoxy) is 1. The van der Waals surface area contributed by atoms with Crippen LogP contribution in [0.2, 0.25) is 0 Å². The van der Waals surface area contributed by atoms with Crippen LogP contribution in [0.3, 0.4) is 0 Å². The predicted octanol–water partition coefficient (Wildman–Crippen LogP) is 3.50. The summed E-state index contributed by atoms with van der Waals surface area (Å²) in [7, 11) is 0. The van der Waals surface area contributed by atoms with Gasteiger partial charge in [0.05, 0.1) is 11.2 Å². The van der Waals surface area contributed by atoms with E-state index in [0.717, 1.165) is 19.3 Å². The zero-order valence-corrected chi connectivity index (χ0v) is 13.9. The topological polar surface area (TPSA) is 47.3 Å². The molecule has 0 aromatic carbocycles. The molecule has 0 saturated carbocycles. The Kier molecular flexibility index (Phi) is 4.90. The van der Waals surface area contributed by atoms with Crippen molar-refractivity contribution < 1.29 is 4.74 Å². The summed E-state index contributed by atoms with van der Waals surface area (Å²) in [5, 5.41) is 2.14. The summed E-state index contributed by atoms with van der Waals surface area (Å²) >= 11 is 1.84. The number of aryl methyl sites for hydroxylation is 1. The summed E-state index contributed by atoms with van der Waals surface area (Å²) in [6.07, 6.45) is 4.48. The molecule has 0 radical (unpaired) electrons. The van der Waals surface area contributed by atoms with Gasteiger partial charge in [0.1, 0.15) is 0 Å². The minimum Gasteiger partial charge on any atom is -0.369 e. The lowest BCUT2D eigenvalue weighted by atomic mass is 9.80. The molecule has 1 aliphatic heterocycles. The molecule has 0 spiro atoms. The first-order valence-corrected chi connectivity index (χ1v) is 8.41. The number of rotatable bonds is 6. The van der Waals surface area contributed by atoms with Gasteiger partial charge in [0.15, 0.2) is 0 Å². The zero-order valence-electron chi connectivity index (χ0n) is 13.1. The number of thiophene rings is 1. The molecule has 2 rings (SSSR count). The third-order valence-electron chi connectivity index (χ3n) is 4.36. The minimum absolute atomic E-state index is 0.0446. The Bertz CT molecular complexity index is 414. The lowest BCUT2D eigenvalue weighted by Crippen LogP contribution is -2.47. The first-order valence-electron chi connectivity index (χ1n) is 7.53. The number of hydrogen-bond donors (Lipinski definition) is 2. The number of nitrogens with two attached hydrogens (primary N) is 1. The van der Waals surface area contributed by atoms with Gasteiger partial charge in [-0.2, -0.15) is 0 Å². The van der Waals surface area contributed by atoms with E-state index in [1.807, 2.05) is 11.3 Å². The number of nitrogens with one attached hydrogen (secondary N) is 1. The van der Waals surface area contributed by atoms with Crippen molar-refractivity contribution in [2.24, 2.45) is 11.8 Å². The van der Waals surface area contributed by atoms with Crippen LogP contribution in [0.5, 0.6) is 0 Å². The monoisotopic (exact) mass is 296 g/mol. The van der Waals surface area contributed by atoms with E-state index in [-0.39, 0.29) is 11.2 Å². The van der Waals surface area contributed by atoms with Gasteiger partial charge in [-0.05, 0) is 64.8 Å². The molecular formula is C16H28N2OS. The van der Waals surface area contributed by atoms with Crippen LogP contribution < -0.4 is 11.3 Å². The Morgan fingerprint density at radius 2 is 2.20 bits per heavy atom. The highest BCUT2D eigenvalue weighted by Gasteiger charge is 2.48. The first kappa shape index (κ1) is 16.0. The molecule has 3 nitrogen and oxygen atoms in total. The van der Waals surface area contributed by atoms with Gasteiger partial charge in [0.2, 0.25) is 0 Å². The van der Waals surface area contributed by atoms with E-state index < -0.39 is 0 Å². The van der Waals surface area contributed by atoms with Crippen molar-refractivity contribution in [1.82, 2.24) is 5.43 Å². The van der Waals surface area contributed by atoms with Gasteiger partial charge >= 0.3 is 0 Å². The second-order valence-corrected chi connectivity index (χ2v) is 8.05. The highest BCUT2D eigenvalue weighted by molar-refractivity contribution is 7.09. The Hall–Kier alpha value is -0.420. The van der Waals surface area contributed by atoms with Crippen LogP contribution in [0.4, 0.5) is 0 Å². The molecule has 4 heteroatoms. The quantitative estimate of drug-likeness (QED) is 0.624. The van der Waals surface area contributed by atoms with Gasteiger partial charge in [-0.1, -0.05) is 6.07 Å². The van der Waals surface area contributed by atoms with Gasteiger partial charge in [-0.15, -0.1) is 11.3 Å². The molecule has 20 heavy (non-hydrogen) atoms. The van der Waals surface area contributed by atoms with Gasteiger partial charge < -0.3 is 4.74 Å². The van der Waals surface area contributed by atoms with Gasteiger partial charge in [0, 0.05) is 16.8 Å². The molecule has 2 unspecified atom stereocenters. The van der Waals surface area contributed by atoms with Crippen LogP contribution in [0.1, 0.15) is 51.8 Å². The molecule has 1 aliphatic rings. The Morgan fingerprint density at radius 3 is 2.70 bits per heavy atom. The van der Waals surface area contributed by atoms with Crippen molar-refractivity contribution in [3.8, 4) is 0 Å². The van der Waals surface area contributed by atoms with Crippen LogP contribution in [0, 0.1) is 5.92 Å². The highest BCUT2D eigenvalue weighted by atomic mass is 32.1. The SMILES string of the molecule is CC1(C)CC(C(CCCc2cccs2)NN)C(C)(C)O1. The zero-order chi connectivity index (χ0) is 14.8. The lowest BCUT2D eigenvalue weighted by molar-refractivity contribution is -0.0779. The first-order chi connectivity index (χ1) is 9.34. The average molecular weight is 296 g/mol. The summed E-state index contributed by atoms with van der Waals surface area (Å²) in [6, 6.07) is 4.66. The van der Waals surface area contributed by atoms with E-state index in [0.29, 0.717) is 12.0 Å². The second-order valence-electron chi connectivity index (χ2n) is 7.02. The maximum Gasteiger partial charge on any atom is 0.0678 e. The van der Waals surface area contributed by atoms with Crippen molar-refractivity contribution in [3.05, 3.63) is 22.4 Å². The van der Waals surface area contributed by atoms with Crippen molar-refractivity contribution in [1.29, 1.82) is 0 Å². The summed E-state index contributed by atoms with van der Waals surface area (Å²) in [5.41, 5.74) is 2.89. The fourth-order valence-corrected chi connectivity index (χ4v) is 4.33. The van der Waals surface area contributed by atoms with E-state index in [4.69, 9.17) is 10.6 Å². The van der Waals surface area contributed by atoms with Gasteiger partial charge in [0.25, 0.3) is 0 Å². The molecule has 0 bridgehead atoms. The molecule has 0 amide bonds. The molecule has 1 aromatic rings. The third kappa shape index (κ3) is 3.82. The van der Waals surface area contributed by atoms with Gasteiger partial charge in [-0.3, -0.25) is 11.3 Å². The Balaban J connectivity index is 1.91. The average Bonchev–Trinajstić information content (AvgIpc) is 2.90. The fourth-order valence-electron chi connectivity index (χ4n) is 3.58. The van der Waals surface area contributed by atoms with Crippen molar-refractivity contribution >= 4 is 11.3 Å². The maximum atomic E-state index is 6.19. The molecule has 0 aliphatic carbocycles. The van der Waals surface area contributed by atoms with E-state index in [1.54, 1.807) is 0 Å². The lowest BCUT2D eigenvalue weighted by Gasteiger charge is -2.32. The van der Waals surface area contributed by atoms with Crippen LogP contribution >= 0.6 is 11.3 Å². The van der Waals surface area contributed by atoms with Crippen molar-refractivity contribution in [3.63, 3.8) is 0 Å². The highest BCUT2D eigenvalue weighted by Crippen LogP contribution is 2.44. The van der Waals surface area contributed by atoms with Gasteiger partial charge in [-0.25, -0.2) is 0 Å². The Morgan fingerprint density at radius 1 is 1.45 bits per heavy atom. The third-order valence-corrected chi connectivity index (χ3v) is 5.30. The minimum atomic E-state index is -0.108. The molecule has 1 aromatic heterocycles. The molecule has 1 saturated heterocycles. The molecule has 2 heterocycles. The normalized spacial score (nSPS) is 25.8. The standard InChI is InChI=1S/C16H28N2OS/c1-15(2)11-13(16(3,4)19-15)14(18-17)9-5-7-12-8-6-10-20-12/h6,8,10,13-14,18H,5,7,9,11,17H2,1-4H3. The van der Waals surface area contributed by atoms with Crippen LogP contribution in [-0.4, -0.2) is 17.2 Å². The Labute approximate surface area is 126 Å². The van der Waals surface area contributed by atoms with Crippen LogP contribution in [0.25, 0.3) is 0 Å². The van der Waals surface area contributed by atoms with E-state index in [1.165, 1.54) is 11.3 Å². The van der Waals surface area contributed by atoms with Crippen molar-refractivity contribution in [2.45, 2.75) is 70.6 Å².